The Balaban J connectivity index is 2.18. The van der Waals surface area contributed by atoms with Gasteiger partial charge in [0.25, 0.3) is 0 Å². The lowest BCUT2D eigenvalue weighted by Gasteiger charge is -2.35. The molecule has 16 heavy (non-hydrogen) atoms. The van der Waals surface area contributed by atoms with Crippen molar-refractivity contribution in [1.82, 2.24) is 4.98 Å². The molecule has 0 saturated carbocycles. The fraction of sp³-hybridized carbons (Fsp3) is 0.583. The number of rotatable bonds is 2. The van der Waals surface area contributed by atoms with Gasteiger partial charge in [-0.1, -0.05) is 13.0 Å². The molecule has 0 bridgehead atoms. The number of β-amino-alcohol motifs (C(OH)–C–C–N with tert-alkyl or cyclic N) is 1. The maximum atomic E-state index is 9.87. The summed E-state index contributed by atoms with van der Waals surface area (Å²) >= 11 is 0. The third-order valence-electron chi connectivity index (χ3n) is 3.31. The first-order chi connectivity index (χ1) is 7.72. The van der Waals surface area contributed by atoms with Crippen molar-refractivity contribution in [2.24, 2.45) is 11.7 Å². The molecular formula is C12H19N3O. The van der Waals surface area contributed by atoms with Crippen molar-refractivity contribution < 1.29 is 5.11 Å². The molecule has 0 aliphatic carbocycles. The zero-order valence-electron chi connectivity index (χ0n) is 9.63. The highest BCUT2D eigenvalue weighted by molar-refractivity contribution is 5.47. The smallest absolute Gasteiger partial charge is 0.133 e. The fourth-order valence-corrected chi connectivity index (χ4v) is 2.12. The van der Waals surface area contributed by atoms with E-state index in [0.29, 0.717) is 19.0 Å². The minimum absolute atomic E-state index is 0.263. The van der Waals surface area contributed by atoms with Crippen LogP contribution in [0.15, 0.2) is 18.3 Å². The van der Waals surface area contributed by atoms with Gasteiger partial charge in [-0.15, -0.1) is 0 Å². The summed E-state index contributed by atoms with van der Waals surface area (Å²) in [4.78, 5) is 6.50. The lowest BCUT2D eigenvalue weighted by molar-refractivity contribution is 0.102. The number of pyridine rings is 1. The van der Waals surface area contributed by atoms with E-state index in [4.69, 9.17) is 5.73 Å². The number of hydrogen-bond acceptors (Lipinski definition) is 4. The summed E-state index contributed by atoms with van der Waals surface area (Å²) in [6.45, 7) is 4.18. The van der Waals surface area contributed by atoms with Gasteiger partial charge in [0.2, 0.25) is 0 Å². The molecular weight excluding hydrogens is 202 g/mol. The number of aliphatic hydroxyl groups is 1. The average molecular weight is 221 g/mol. The van der Waals surface area contributed by atoms with Crippen LogP contribution in [0.1, 0.15) is 18.9 Å². The number of anilines is 1. The summed E-state index contributed by atoms with van der Waals surface area (Å²) in [6.07, 6.45) is 2.52. The van der Waals surface area contributed by atoms with Crippen molar-refractivity contribution in [2.45, 2.75) is 26.0 Å². The summed E-state index contributed by atoms with van der Waals surface area (Å²) in [5, 5.41) is 9.87. The van der Waals surface area contributed by atoms with Crippen LogP contribution < -0.4 is 10.6 Å². The van der Waals surface area contributed by atoms with Gasteiger partial charge < -0.3 is 15.7 Å². The molecule has 2 atom stereocenters. The van der Waals surface area contributed by atoms with E-state index in [9.17, 15) is 5.11 Å². The van der Waals surface area contributed by atoms with Gasteiger partial charge in [-0.2, -0.15) is 0 Å². The Morgan fingerprint density at radius 3 is 3.12 bits per heavy atom. The SMILES string of the molecule is CC1CCN(c2ncccc2CN)CC1O. The molecule has 1 aromatic rings. The molecule has 88 valence electrons. The van der Waals surface area contributed by atoms with Gasteiger partial charge in [0.1, 0.15) is 5.82 Å². The van der Waals surface area contributed by atoms with Crippen LogP contribution in [0.5, 0.6) is 0 Å². The first-order valence-corrected chi connectivity index (χ1v) is 5.79. The monoisotopic (exact) mass is 221 g/mol. The van der Waals surface area contributed by atoms with Gasteiger partial charge in [-0.25, -0.2) is 4.98 Å². The van der Waals surface area contributed by atoms with Crippen LogP contribution >= 0.6 is 0 Å². The van der Waals surface area contributed by atoms with Crippen molar-refractivity contribution in [3.63, 3.8) is 0 Å². The van der Waals surface area contributed by atoms with Crippen molar-refractivity contribution in [2.75, 3.05) is 18.0 Å². The predicted octanol–water partition coefficient (Wildman–Crippen LogP) is 0.747. The Kier molecular flexibility index (Phi) is 3.41. The Labute approximate surface area is 96.1 Å². The highest BCUT2D eigenvalue weighted by atomic mass is 16.3. The van der Waals surface area contributed by atoms with Gasteiger partial charge in [0, 0.05) is 31.4 Å². The zero-order chi connectivity index (χ0) is 11.5. The van der Waals surface area contributed by atoms with Gasteiger partial charge in [0.05, 0.1) is 6.10 Å². The summed E-state index contributed by atoms with van der Waals surface area (Å²) in [6, 6.07) is 3.89. The van der Waals surface area contributed by atoms with Gasteiger partial charge >= 0.3 is 0 Å². The maximum Gasteiger partial charge on any atom is 0.133 e. The molecule has 1 saturated heterocycles. The van der Waals surface area contributed by atoms with Crippen LogP contribution in [0.25, 0.3) is 0 Å². The number of aromatic nitrogens is 1. The highest BCUT2D eigenvalue weighted by Crippen LogP contribution is 2.24. The second-order valence-corrected chi connectivity index (χ2v) is 4.47. The number of nitrogens with two attached hydrogens (primary N) is 1. The molecule has 0 aromatic carbocycles. The van der Waals surface area contributed by atoms with Crippen LogP contribution in [0.2, 0.25) is 0 Å². The summed E-state index contributed by atoms with van der Waals surface area (Å²) < 4.78 is 0. The Morgan fingerprint density at radius 2 is 2.44 bits per heavy atom. The minimum atomic E-state index is -0.263. The Morgan fingerprint density at radius 1 is 1.62 bits per heavy atom. The van der Waals surface area contributed by atoms with Crippen molar-refractivity contribution >= 4 is 5.82 Å². The second-order valence-electron chi connectivity index (χ2n) is 4.47. The van der Waals surface area contributed by atoms with Crippen LogP contribution in [0, 0.1) is 5.92 Å². The van der Waals surface area contributed by atoms with Gasteiger partial charge in [-0.05, 0) is 18.4 Å². The first kappa shape index (κ1) is 11.4. The van der Waals surface area contributed by atoms with E-state index in [-0.39, 0.29) is 6.10 Å². The van der Waals surface area contributed by atoms with E-state index in [1.807, 2.05) is 12.1 Å². The number of aliphatic hydroxyl groups excluding tert-OH is 1. The molecule has 2 heterocycles. The van der Waals surface area contributed by atoms with Crippen molar-refractivity contribution in [3.8, 4) is 0 Å². The molecule has 1 aromatic heterocycles. The molecule has 0 amide bonds. The van der Waals surface area contributed by atoms with Crippen molar-refractivity contribution in [1.29, 1.82) is 0 Å². The first-order valence-electron chi connectivity index (χ1n) is 5.79. The molecule has 1 aliphatic rings. The van der Waals surface area contributed by atoms with E-state index >= 15 is 0 Å². The van der Waals surface area contributed by atoms with Crippen LogP contribution in [0.3, 0.4) is 0 Å². The molecule has 4 heteroatoms. The van der Waals surface area contributed by atoms with E-state index in [1.165, 1.54) is 0 Å². The lowest BCUT2D eigenvalue weighted by Crippen LogP contribution is -2.43. The van der Waals surface area contributed by atoms with Crippen LogP contribution in [-0.4, -0.2) is 29.3 Å². The zero-order valence-corrected chi connectivity index (χ0v) is 9.63. The molecule has 1 aliphatic heterocycles. The molecule has 0 spiro atoms. The molecule has 0 radical (unpaired) electrons. The number of nitrogens with zero attached hydrogens (tertiary/aromatic N) is 2. The lowest BCUT2D eigenvalue weighted by atomic mass is 9.96. The largest absolute Gasteiger partial charge is 0.391 e. The summed E-state index contributed by atoms with van der Waals surface area (Å²) in [5.41, 5.74) is 6.74. The highest BCUT2D eigenvalue weighted by Gasteiger charge is 2.25. The number of hydrogen-bond donors (Lipinski definition) is 2. The van der Waals surface area contributed by atoms with Gasteiger partial charge in [-0.3, -0.25) is 0 Å². The predicted molar refractivity (Wildman–Crippen MR) is 64.1 cm³/mol. The van der Waals surface area contributed by atoms with Crippen LogP contribution in [0.4, 0.5) is 5.82 Å². The third kappa shape index (κ3) is 2.18. The Bertz CT molecular complexity index is 356. The quantitative estimate of drug-likeness (QED) is 0.773. The van der Waals surface area contributed by atoms with E-state index in [0.717, 1.165) is 24.3 Å². The summed E-state index contributed by atoms with van der Waals surface area (Å²) in [5.74, 6) is 1.30. The fourth-order valence-electron chi connectivity index (χ4n) is 2.12. The van der Waals surface area contributed by atoms with Crippen molar-refractivity contribution in [3.05, 3.63) is 23.9 Å². The Hall–Kier alpha value is -1.13. The normalized spacial score (nSPS) is 25.8. The molecule has 4 nitrogen and oxygen atoms in total. The standard InChI is InChI=1S/C12H19N3O/c1-9-4-6-15(8-11(9)16)12-10(7-13)3-2-5-14-12/h2-3,5,9,11,16H,4,6-8,13H2,1H3. The third-order valence-corrected chi connectivity index (χ3v) is 3.31. The second kappa shape index (κ2) is 4.80. The van der Waals surface area contributed by atoms with E-state index < -0.39 is 0 Å². The molecule has 3 N–H and O–H groups in total. The topological polar surface area (TPSA) is 62.4 Å². The van der Waals surface area contributed by atoms with Gasteiger partial charge in [0.15, 0.2) is 0 Å². The molecule has 2 rings (SSSR count). The number of piperidine rings is 1. The molecule has 1 fully saturated rings. The minimum Gasteiger partial charge on any atom is -0.391 e. The average Bonchev–Trinajstić information content (AvgIpc) is 2.32. The molecule has 2 unspecified atom stereocenters. The van der Waals surface area contributed by atoms with Crippen LogP contribution in [-0.2, 0) is 6.54 Å². The maximum absolute atomic E-state index is 9.87. The summed E-state index contributed by atoms with van der Waals surface area (Å²) in [7, 11) is 0. The van der Waals surface area contributed by atoms with E-state index in [1.54, 1.807) is 6.20 Å². The van der Waals surface area contributed by atoms with E-state index in [2.05, 4.69) is 16.8 Å².